The Hall–Kier alpha value is -2.08. The van der Waals surface area contributed by atoms with E-state index in [9.17, 15) is 4.79 Å². The standard InChI is InChI=1S/C16H10Cl3N3O2/c1-9-11(8-21-22(9)14-4-2-3-5-20-14)16(23)24-15-12(18)6-10(17)7-13(15)19/h2-8H,1H3. The number of ether oxygens (including phenoxy) is 1. The van der Waals surface area contributed by atoms with E-state index in [1.807, 2.05) is 6.07 Å². The molecule has 3 rings (SSSR count). The van der Waals surface area contributed by atoms with E-state index in [1.54, 1.807) is 29.9 Å². The molecular weight excluding hydrogens is 373 g/mol. The molecule has 0 amide bonds. The summed E-state index contributed by atoms with van der Waals surface area (Å²) in [5.74, 6) is 0.0233. The average molecular weight is 383 g/mol. The van der Waals surface area contributed by atoms with Crippen LogP contribution in [0.1, 0.15) is 16.1 Å². The molecule has 0 unspecified atom stereocenters. The molecule has 0 N–H and O–H groups in total. The molecule has 3 aromatic rings. The Morgan fingerprint density at radius 3 is 2.50 bits per heavy atom. The van der Waals surface area contributed by atoms with Gasteiger partial charge in [-0.1, -0.05) is 40.9 Å². The van der Waals surface area contributed by atoms with E-state index in [1.165, 1.54) is 18.3 Å². The number of aromatic nitrogens is 3. The predicted octanol–water partition coefficient (Wildman–Crippen LogP) is 4.76. The topological polar surface area (TPSA) is 57.0 Å². The molecule has 0 atom stereocenters. The second-order valence-corrected chi connectivity index (χ2v) is 6.08. The maximum Gasteiger partial charge on any atom is 0.347 e. The third-order valence-corrected chi connectivity index (χ3v) is 4.03. The van der Waals surface area contributed by atoms with Crippen LogP contribution in [0.3, 0.4) is 0 Å². The minimum atomic E-state index is -0.624. The summed E-state index contributed by atoms with van der Waals surface area (Å²) in [6, 6.07) is 8.29. The summed E-state index contributed by atoms with van der Waals surface area (Å²) < 4.78 is 6.86. The van der Waals surface area contributed by atoms with Gasteiger partial charge in [0.1, 0.15) is 5.56 Å². The molecule has 1 aromatic carbocycles. The van der Waals surface area contributed by atoms with Gasteiger partial charge in [-0.25, -0.2) is 14.5 Å². The highest BCUT2D eigenvalue weighted by molar-refractivity contribution is 6.40. The van der Waals surface area contributed by atoms with Crippen molar-refractivity contribution in [1.82, 2.24) is 14.8 Å². The highest BCUT2D eigenvalue weighted by Crippen LogP contribution is 2.36. The predicted molar refractivity (Wildman–Crippen MR) is 92.5 cm³/mol. The Morgan fingerprint density at radius 2 is 1.88 bits per heavy atom. The Bertz CT molecular complexity index is 887. The molecule has 0 spiro atoms. The molecule has 24 heavy (non-hydrogen) atoms. The third-order valence-electron chi connectivity index (χ3n) is 3.25. The first-order valence-corrected chi connectivity index (χ1v) is 7.93. The summed E-state index contributed by atoms with van der Waals surface area (Å²) in [4.78, 5) is 16.6. The quantitative estimate of drug-likeness (QED) is 0.484. The Balaban J connectivity index is 1.91. The lowest BCUT2D eigenvalue weighted by atomic mass is 10.2. The van der Waals surface area contributed by atoms with E-state index in [4.69, 9.17) is 39.5 Å². The summed E-state index contributed by atoms with van der Waals surface area (Å²) in [6.07, 6.45) is 3.05. The smallest absolute Gasteiger partial charge is 0.347 e. The van der Waals surface area contributed by atoms with Crippen LogP contribution in [0.4, 0.5) is 0 Å². The van der Waals surface area contributed by atoms with Gasteiger partial charge in [0, 0.05) is 11.2 Å². The van der Waals surface area contributed by atoms with Crippen LogP contribution in [0.25, 0.3) is 5.82 Å². The second-order valence-electron chi connectivity index (χ2n) is 4.83. The Labute approximate surface area is 152 Å². The van der Waals surface area contributed by atoms with Crippen molar-refractivity contribution in [3.05, 3.63) is 69.1 Å². The number of halogens is 3. The van der Waals surface area contributed by atoms with Gasteiger partial charge < -0.3 is 4.74 Å². The third kappa shape index (κ3) is 3.24. The largest absolute Gasteiger partial charge is 0.420 e. The summed E-state index contributed by atoms with van der Waals surface area (Å²) in [6.45, 7) is 1.74. The zero-order valence-electron chi connectivity index (χ0n) is 12.3. The van der Waals surface area contributed by atoms with Gasteiger partial charge in [0.2, 0.25) is 0 Å². The minimum absolute atomic E-state index is 0.0534. The molecule has 0 aliphatic rings. The van der Waals surface area contributed by atoms with Gasteiger partial charge in [-0.15, -0.1) is 0 Å². The van der Waals surface area contributed by atoms with Gasteiger partial charge in [-0.05, 0) is 31.2 Å². The SMILES string of the molecule is Cc1c(C(=O)Oc2c(Cl)cc(Cl)cc2Cl)cnn1-c1ccccn1. The Kier molecular flexibility index (Phi) is 4.76. The number of carbonyl (C=O) groups excluding carboxylic acids is 1. The second kappa shape index (κ2) is 6.81. The zero-order valence-corrected chi connectivity index (χ0v) is 14.6. The number of hydrogen-bond acceptors (Lipinski definition) is 4. The van der Waals surface area contributed by atoms with E-state index in [2.05, 4.69) is 10.1 Å². The number of rotatable bonds is 3. The van der Waals surface area contributed by atoms with Gasteiger partial charge in [-0.3, -0.25) is 0 Å². The molecule has 0 saturated carbocycles. The van der Waals surface area contributed by atoms with Crippen molar-refractivity contribution < 1.29 is 9.53 Å². The van der Waals surface area contributed by atoms with Gasteiger partial charge in [0.25, 0.3) is 0 Å². The summed E-state index contributed by atoms with van der Waals surface area (Å²) in [7, 11) is 0. The van der Waals surface area contributed by atoms with Crippen LogP contribution < -0.4 is 4.74 Å². The first-order chi connectivity index (χ1) is 11.5. The molecule has 0 bridgehead atoms. The van der Waals surface area contributed by atoms with Crippen LogP contribution in [-0.2, 0) is 0 Å². The molecule has 8 heteroatoms. The normalized spacial score (nSPS) is 10.7. The lowest BCUT2D eigenvalue weighted by Crippen LogP contribution is -2.11. The fourth-order valence-electron chi connectivity index (χ4n) is 2.09. The van der Waals surface area contributed by atoms with Crippen molar-refractivity contribution in [2.24, 2.45) is 0 Å². The molecule has 122 valence electrons. The lowest BCUT2D eigenvalue weighted by Gasteiger charge is -2.09. The van der Waals surface area contributed by atoms with Crippen LogP contribution in [0.2, 0.25) is 15.1 Å². The lowest BCUT2D eigenvalue weighted by molar-refractivity contribution is 0.0734. The zero-order chi connectivity index (χ0) is 17.3. The van der Waals surface area contributed by atoms with E-state index in [0.29, 0.717) is 16.5 Å². The fraction of sp³-hybridized carbons (Fsp3) is 0.0625. The van der Waals surface area contributed by atoms with E-state index >= 15 is 0 Å². The van der Waals surface area contributed by atoms with Crippen molar-refractivity contribution in [3.8, 4) is 11.6 Å². The molecular formula is C16H10Cl3N3O2. The number of pyridine rings is 1. The highest BCUT2D eigenvalue weighted by Gasteiger charge is 2.20. The molecule has 0 radical (unpaired) electrons. The molecule has 0 aliphatic heterocycles. The van der Waals surface area contributed by atoms with E-state index in [0.717, 1.165) is 0 Å². The maximum absolute atomic E-state index is 12.4. The molecule has 0 fully saturated rings. The van der Waals surface area contributed by atoms with E-state index < -0.39 is 5.97 Å². The number of benzene rings is 1. The number of hydrogen-bond donors (Lipinski definition) is 0. The minimum Gasteiger partial charge on any atom is -0.420 e. The van der Waals surface area contributed by atoms with Gasteiger partial charge in [-0.2, -0.15) is 5.10 Å². The summed E-state index contributed by atoms with van der Waals surface area (Å²) in [5, 5.41) is 4.82. The van der Waals surface area contributed by atoms with Crippen LogP contribution in [0.15, 0.2) is 42.7 Å². The first-order valence-electron chi connectivity index (χ1n) is 6.80. The molecule has 5 nitrogen and oxygen atoms in total. The van der Waals surface area contributed by atoms with Crippen LogP contribution in [-0.4, -0.2) is 20.7 Å². The molecule has 0 saturated heterocycles. The highest BCUT2D eigenvalue weighted by atomic mass is 35.5. The molecule has 2 heterocycles. The monoisotopic (exact) mass is 381 g/mol. The fourth-order valence-corrected chi connectivity index (χ4v) is 2.99. The number of esters is 1. The van der Waals surface area contributed by atoms with Crippen molar-refractivity contribution in [3.63, 3.8) is 0 Å². The van der Waals surface area contributed by atoms with Crippen molar-refractivity contribution in [2.45, 2.75) is 6.92 Å². The van der Waals surface area contributed by atoms with Crippen LogP contribution >= 0.6 is 34.8 Å². The Morgan fingerprint density at radius 1 is 1.17 bits per heavy atom. The molecule has 0 aliphatic carbocycles. The van der Waals surface area contributed by atoms with Gasteiger partial charge in [0.05, 0.1) is 21.9 Å². The van der Waals surface area contributed by atoms with Gasteiger partial charge in [0.15, 0.2) is 11.6 Å². The maximum atomic E-state index is 12.4. The van der Waals surface area contributed by atoms with Crippen molar-refractivity contribution in [2.75, 3.05) is 0 Å². The molecule has 2 aromatic heterocycles. The number of nitrogens with zero attached hydrogens (tertiary/aromatic N) is 3. The van der Waals surface area contributed by atoms with Crippen molar-refractivity contribution >= 4 is 40.8 Å². The van der Waals surface area contributed by atoms with Gasteiger partial charge >= 0.3 is 5.97 Å². The van der Waals surface area contributed by atoms with Crippen molar-refractivity contribution in [1.29, 1.82) is 0 Å². The van der Waals surface area contributed by atoms with Crippen LogP contribution in [0, 0.1) is 6.92 Å². The average Bonchev–Trinajstić information content (AvgIpc) is 2.93. The van der Waals surface area contributed by atoms with E-state index in [-0.39, 0.29) is 21.4 Å². The van der Waals surface area contributed by atoms with Crippen LogP contribution in [0.5, 0.6) is 5.75 Å². The summed E-state index contributed by atoms with van der Waals surface area (Å²) >= 11 is 17.9. The number of carbonyl (C=O) groups is 1. The summed E-state index contributed by atoms with van der Waals surface area (Å²) in [5.41, 5.74) is 0.864. The first kappa shape index (κ1) is 16.8.